The molecule has 0 aromatic carbocycles. The molecular weight excluding hydrogens is 128 g/mol. The fraction of sp³-hybridized carbons (Fsp3) is 1.00. The number of hydrogen-bond acceptors (Lipinski definition) is 3. The molecule has 0 radical (unpaired) electrons. The quantitative estimate of drug-likeness (QED) is 0.506. The monoisotopic (exact) mass is 136 g/mol. The lowest BCUT2D eigenvalue weighted by Crippen LogP contribution is -2.03. The van der Waals surface area contributed by atoms with E-state index in [1.165, 1.54) is 0 Å². The largest absolute Gasteiger partial charge is 0.267 e. The molecule has 0 aromatic rings. The van der Waals surface area contributed by atoms with E-state index in [0.717, 1.165) is 19.1 Å². The first-order chi connectivity index (χ1) is 3.58. The average Bonchev–Trinajstić information content (AvgIpc) is 2.12. The molecular formula is C4H8O3S. The van der Waals surface area contributed by atoms with Gasteiger partial charge in [0.2, 0.25) is 0 Å². The van der Waals surface area contributed by atoms with E-state index in [9.17, 15) is 8.42 Å². The minimum Gasteiger partial charge on any atom is -0.267 e. The zero-order valence-electron chi connectivity index (χ0n) is 4.62. The molecule has 0 heterocycles. The van der Waals surface area contributed by atoms with Crippen molar-refractivity contribution >= 4 is 10.1 Å². The van der Waals surface area contributed by atoms with Crippen LogP contribution in [0.2, 0.25) is 0 Å². The Bertz CT molecular complexity index is 166. The molecule has 1 rings (SSSR count). The minimum atomic E-state index is -3.16. The van der Waals surface area contributed by atoms with Gasteiger partial charge < -0.3 is 0 Å². The van der Waals surface area contributed by atoms with E-state index in [2.05, 4.69) is 4.18 Å². The highest BCUT2D eigenvalue weighted by Gasteiger charge is 2.26. The van der Waals surface area contributed by atoms with Crippen LogP contribution >= 0.6 is 0 Å². The lowest BCUT2D eigenvalue weighted by molar-refractivity contribution is 0.309. The summed E-state index contributed by atoms with van der Waals surface area (Å²) in [7, 11) is -3.16. The summed E-state index contributed by atoms with van der Waals surface area (Å²) in [5.41, 5.74) is 0. The molecule has 1 aliphatic rings. The summed E-state index contributed by atoms with van der Waals surface area (Å²) in [6.07, 6.45) is 2.87. The van der Waals surface area contributed by atoms with Crippen LogP contribution in [0.15, 0.2) is 0 Å². The van der Waals surface area contributed by atoms with Crippen molar-refractivity contribution in [1.82, 2.24) is 0 Å². The van der Waals surface area contributed by atoms with Crippen LogP contribution in [0.3, 0.4) is 0 Å². The lowest BCUT2D eigenvalue weighted by Gasteiger charge is -1.93. The van der Waals surface area contributed by atoms with Gasteiger partial charge in [-0.05, 0) is 12.8 Å². The van der Waals surface area contributed by atoms with Crippen molar-refractivity contribution < 1.29 is 12.6 Å². The van der Waals surface area contributed by atoms with E-state index in [1.807, 2.05) is 0 Å². The van der Waals surface area contributed by atoms with Gasteiger partial charge in [0.05, 0.1) is 12.4 Å². The Labute approximate surface area is 48.8 Å². The Morgan fingerprint density at radius 1 is 1.50 bits per heavy atom. The van der Waals surface area contributed by atoms with E-state index in [0.29, 0.717) is 0 Å². The topological polar surface area (TPSA) is 43.4 Å². The fourth-order valence-electron chi connectivity index (χ4n) is 0.411. The van der Waals surface area contributed by atoms with E-state index in [-0.39, 0.29) is 6.10 Å². The summed E-state index contributed by atoms with van der Waals surface area (Å²) >= 11 is 0. The Balaban J connectivity index is 2.38. The number of rotatable bonds is 2. The molecule has 0 saturated heterocycles. The maximum absolute atomic E-state index is 10.3. The third-order valence-electron chi connectivity index (χ3n) is 0.835. The van der Waals surface area contributed by atoms with Gasteiger partial charge in [0.15, 0.2) is 0 Å². The average molecular weight is 136 g/mol. The van der Waals surface area contributed by atoms with Crippen molar-refractivity contribution in [3.63, 3.8) is 0 Å². The first-order valence-corrected chi connectivity index (χ1v) is 4.28. The standard InChI is InChI=1S/C4H8O3S/c1-8(5,6)7-4-2-3-4/h4H,2-3H2,1H3. The maximum Gasteiger partial charge on any atom is 0.264 e. The smallest absolute Gasteiger partial charge is 0.264 e. The van der Waals surface area contributed by atoms with Crippen molar-refractivity contribution in [2.24, 2.45) is 0 Å². The first-order valence-electron chi connectivity index (χ1n) is 2.46. The SMILES string of the molecule is CS(=O)(=O)OC1CC1. The second-order valence-corrected chi connectivity index (χ2v) is 3.60. The van der Waals surface area contributed by atoms with Gasteiger partial charge in [-0.2, -0.15) is 8.42 Å². The fourth-order valence-corrected chi connectivity index (χ4v) is 1.10. The van der Waals surface area contributed by atoms with Crippen LogP contribution < -0.4 is 0 Å². The van der Waals surface area contributed by atoms with Gasteiger partial charge in [0.1, 0.15) is 0 Å². The van der Waals surface area contributed by atoms with Crippen LogP contribution in [0.1, 0.15) is 12.8 Å². The molecule has 48 valence electrons. The van der Waals surface area contributed by atoms with Crippen LogP contribution in [-0.4, -0.2) is 20.8 Å². The van der Waals surface area contributed by atoms with Gasteiger partial charge >= 0.3 is 0 Å². The first kappa shape index (κ1) is 6.04. The van der Waals surface area contributed by atoms with Crippen LogP contribution in [0.25, 0.3) is 0 Å². The highest BCUT2D eigenvalue weighted by molar-refractivity contribution is 7.86. The second-order valence-electron chi connectivity index (χ2n) is 2.00. The summed E-state index contributed by atoms with van der Waals surface area (Å²) < 4.78 is 25.0. The van der Waals surface area contributed by atoms with Gasteiger partial charge in [-0.15, -0.1) is 0 Å². The van der Waals surface area contributed by atoms with E-state index in [4.69, 9.17) is 0 Å². The third kappa shape index (κ3) is 2.28. The molecule has 1 fully saturated rings. The van der Waals surface area contributed by atoms with Crippen molar-refractivity contribution in [2.45, 2.75) is 18.9 Å². The summed E-state index contributed by atoms with van der Waals surface area (Å²) in [6.45, 7) is 0. The summed E-state index contributed by atoms with van der Waals surface area (Å²) in [5, 5.41) is 0. The highest BCUT2D eigenvalue weighted by atomic mass is 32.2. The Hall–Kier alpha value is -0.0900. The van der Waals surface area contributed by atoms with E-state index in [1.54, 1.807) is 0 Å². The normalized spacial score (nSPS) is 21.1. The molecule has 4 heteroatoms. The lowest BCUT2D eigenvalue weighted by atomic mass is 10.9. The van der Waals surface area contributed by atoms with Crippen molar-refractivity contribution in [3.05, 3.63) is 0 Å². The van der Waals surface area contributed by atoms with Crippen molar-refractivity contribution in [3.8, 4) is 0 Å². The predicted molar refractivity (Wildman–Crippen MR) is 29.0 cm³/mol. The third-order valence-corrected chi connectivity index (χ3v) is 1.46. The molecule has 3 nitrogen and oxygen atoms in total. The van der Waals surface area contributed by atoms with Crippen LogP contribution in [0, 0.1) is 0 Å². The molecule has 1 saturated carbocycles. The molecule has 0 aromatic heterocycles. The maximum atomic E-state index is 10.3. The molecule has 0 amide bonds. The zero-order valence-corrected chi connectivity index (χ0v) is 5.44. The Kier molecular flexibility index (Phi) is 1.28. The molecule has 8 heavy (non-hydrogen) atoms. The van der Waals surface area contributed by atoms with E-state index < -0.39 is 10.1 Å². The molecule has 0 bridgehead atoms. The van der Waals surface area contributed by atoms with Crippen molar-refractivity contribution in [1.29, 1.82) is 0 Å². The van der Waals surface area contributed by atoms with Gasteiger partial charge in [0.25, 0.3) is 10.1 Å². The minimum absolute atomic E-state index is 0.00463. The van der Waals surface area contributed by atoms with Gasteiger partial charge in [-0.25, -0.2) is 0 Å². The predicted octanol–water partition coefficient (Wildman–Crippen LogP) is 0.125. The molecule has 0 N–H and O–H groups in total. The number of hydrogen-bond donors (Lipinski definition) is 0. The van der Waals surface area contributed by atoms with Crippen LogP contribution in [0.4, 0.5) is 0 Å². The molecule has 0 unspecified atom stereocenters. The highest BCUT2D eigenvalue weighted by Crippen LogP contribution is 2.24. The summed E-state index contributed by atoms with van der Waals surface area (Å²) in [6, 6.07) is 0. The van der Waals surface area contributed by atoms with Gasteiger partial charge in [-0.3, -0.25) is 4.18 Å². The summed E-state index contributed by atoms with van der Waals surface area (Å²) in [4.78, 5) is 0. The van der Waals surface area contributed by atoms with E-state index >= 15 is 0 Å². The summed E-state index contributed by atoms with van der Waals surface area (Å²) in [5.74, 6) is 0. The van der Waals surface area contributed by atoms with Gasteiger partial charge in [-0.1, -0.05) is 0 Å². The van der Waals surface area contributed by atoms with Crippen molar-refractivity contribution in [2.75, 3.05) is 6.26 Å². The Morgan fingerprint density at radius 3 is 2.12 bits per heavy atom. The van der Waals surface area contributed by atoms with Crippen LogP contribution in [0.5, 0.6) is 0 Å². The van der Waals surface area contributed by atoms with Crippen LogP contribution in [-0.2, 0) is 14.3 Å². The zero-order chi connectivity index (χ0) is 6.20. The molecule has 0 spiro atoms. The molecule has 0 aliphatic heterocycles. The van der Waals surface area contributed by atoms with Gasteiger partial charge in [0, 0.05) is 0 Å². The Morgan fingerprint density at radius 2 is 2.00 bits per heavy atom. The molecule has 1 aliphatic carbocycles. The second kappa shape index (κ2) is 1.70. The molecule has 0 atom stereocenters.